The normalized spacial score (nSPS) is 11.6. The van der Waals surface area contributed by atoms with Crippen LogP contribution in [0.1, 0.15) is 12.7 Å². The first-order valence-electron chi connectivity index (χ1n) is 10.1. The average Bonchev–Trinajstić information content (AvgIpc) is 3.45. The third kappa shape index (κ3) is 5.47. The number of aromatic nitrogens is 3. The molecule has 0 amide bonds. The van der Waals surface area contributed by atoms with Gasteiger partial charge in [0.05, 0.1) is 4.92 Å². The van der Waals surface area contributed by atoms with Gasteiger partial charge >= 0.3 is 5.97 Å². The van der Waals surface area contributed by atoms with Crippen LogP contribution < -0.4 is 0 Å². The molecule has 178 valence electrons. The first-order valence-corrected chi connectivity index (χ1v) is 12.1. The van der Waals surface area contributed by atoms with Crippen LogP contribution in [0.5, 0.6) is 0 Å². The van der Waals surface area contributed by atoms with Gasteiger partial charge in [-0.25, -0.2) is 4.79 Å². The molecule has 2 aromatic carbocycles. The summed E-state index contributed by atoms with van der Waals surface area (Å²) in [5.74, 6) is 0.174. The van der Waals surface area contributed by atoms with E-state index in [-0.39, 0.29) is 10.6 Å². The Labute approximate surface area is 216 Å². The lowest BCUT2D eigenvalue weighted by Crippen LogP contribution is -2.02. The number of halogens is 2. The highest BCUT2D eigenvalue weighted by atomic mass is 79.9. The first-order chi connectivity index (χ1) is 16.8. The molecule has 0 aliphatic heterocycles. The van der Waals surface area contributed by atoms with E-state index in [9.17, 15) is 20.0 Å². The number of nitro benzene ring substituents is 1. The van der Waals surface area contributed by atoms with Crippen LogP contribution in [0.25, 0.3) is 28.8 Å². The fraction of sp³-hybridized carbons (Fsp3) is 0.0870. The summed E-state index contributed by atoms with van der Waals surface area (Å²) >= 11 is 10.2. The number of carbonyl (C=O) groups is 1. The first kappa shape index (κ1) is 24.7. The summed E-state index contributed by atoms with van der Waals surface area (Å²) in [6.07, 6.45) is 1.40. The zero-order chi connectivity index (χ0) is 25.1. The van der Waals surface area contributed by atoms with Crippen LogP contribution in [0.3, 0.4) is 0 Å². The Bertz CT molecular complexity index is 1450. The number of nitrogens with zero attached hydrogens (tertiary/aromatic N) is 4. The Balaban J connectivity index is 1.62. The molecular formula is C23H16BrClN4O5S. The van der Waals surface area contributed by atoms with Crippen molar-refractivity contribution >= 4 is 57.0 Å². The molecular weight excluding hydrogens is 560 g/mol. The lowest BCUT2D eigenvalue weighted by atomic mass is 10.1. The molecule has 4 aromatic rings. The quantitative estimate of drug-likeness (QED) is 0.106. The van der Waals surface area contributed by atoms with E-state index >= 15 is 0 Å². The molecule has 0 unspecified atom stereocenters. The number of carboxylic acid groups (broad SMARTS) is 1. The number of aliphatic carboxylic acids is 1. The van der Waals surface area contributed by atoms with Crippen molar-refractivity contribution in [1.82, 2.24) is 14.8 Å². The van der Waals surface area contributed by atoms with Crippen LogP contribution in [-0.2, 0) is 11.3 Å². The average molecular weight is 576 g/mol. The number of furan rings is 1. The maximum atomic E-state index is 12.0. The lowest BCUT2D eigenvalue weighted by Gasteiger charge is -2.07. The number of thioether (sulfide) groups is 1. The van der Waals surface area contributed by atoms with Gasteiger partial charge in [0.15, 0.2) is 11.0 Å². The van der Waals surface area contributed by atoms with E-state index in [0.29, 0.717) is 44.1 Å². The van der Waals surface area contributed by atoms with Crippen molar-refractivity contribution in [1.29, 1.82) is 0 Å². The van der Waals surface area contributed by atoms with Crippen LogP contribution in [0, 0.1) is 10.1 Å². The van der Waals surface area contributed by atoms with Crippen molar-refractivity contribution in [3.05, 3.63) is 84.9 Å². The van der Waals surface area contributed by atoms with E-state index in [4.69, 9.17) is 16.0 Å². The van der Waals surface area contributed by atoms with E-state index in [0.717, 1.165) is 17.3 Å². The summed E-state index contributed by atoms with van der Waals surface area (Å²) in [5, 5.41) is 30.2. The minimum atomic E-state index is -1.15. The molecule has 0 aliphatic rings. The van der Waals surface area contributed by atoms with Crippen molar-refractivity contribution < 1.29 is 19.2 Å². The summed E-state index contributed by atoms with van der Waals surface area (Å²) in [7, 11) is 0. The molecule has 9 nitrogen and oxygen atoms in total. The van der Waals surface area contributed by atoms with Gasteiger partial charge in [0.1, 0.15) is 16.4 Å². The number of hydrogen-bond donors (Lipinski definition) is 1. The van der Waals surface area contributed by atoms with Crippen molar-refractivity contribution in [2.24, 2.45) is 0 Å². The van der Waals surface area contributed by atoms with Crippen molar-refractivity contribution in [3.63, 3.8) is 0 Å². The van der Waals surface area contributed by atoms with Gasteiger partial charge in [0, 0.05) is 45.4 Å². The Morgan fingerprint density at radius 3 is 2.60 bits per heavy atom. The second-order valence-corrected chi connectivity index (χ2v) is 9.40. The topological polar surface area (TPSA) is 124 Å². The van der Waals surface area contributed by atoms with Crippen LogP contribution in [0.2, 0.25) is 5.02 Å². The molecule has 0 fully saturated rings. The molecule has 0 saturated carbocycles. The van der Waals surface area contributed by atoms with Gasteiger partial charge in [-0.15, -0.1) is 10.2 Å². The summed E-state index contributed by atoms with van der Waals surface area (Å²) in [5.41, 5.74) is 1.34. The molecule has 2 aromatic heterocycles. The predicted octanol–water partition coefficient (Wildman–Crippen LogP) is 6.77. The standard InChI is InChI=1S/C23H16BrClN4O5S/c1-2-28-21(13-3-5-14(25)6-4-13)26-27-23(28)35-20(22(30)31)12-16-8-10-19(34-16)17-9-7-15(29(32)33)11-18(17)24/h3-12H,2H2,1H3,(H,30,31)/b20-12-. The zero-order valence-electron chi connectivity index (χ0n) is 18.0. The highest BCUT2D eigenvalue weighted by Gasteiger charge is 2.19. The summed E-state index contributed by atoms with van der Waals surface area (Å²) < 4.78 is 8.10. The monoisotopic (exact) mass is 574 g/mol. The molecule has 0 aliphatic carbocycles. The third-order valence-corrected chi connectivity index (χ3v) is 6.78. The van der Waals surface area contributed by atoms with Gasteiger partial charge in [0.2, 0.25) is 0 Å². The highest BCUT2D eigenvalue weighted by Crippen LogP contribution is 2.35. The maximum Gasteiger partial charge on any atom is 0.342 e. The van der Waals surface area contributed by atoms with E-state index in [1.54, 1.807) is 30.3 Å². The van der Waals surface area contributed by atoms with Crippen molar-refractivity contribution in [3.8, 4) is 22.7 Å². The molecule has 4 rings (SSSR count). The summed E-state index contributed by atoms with van der Waals surface area (Å²) in [6, 6.07) is 14.7. The molecule has 0 spiro atoms. The smallest absolute Gasteiger partial charge is 0.342 e. The molecule has 0 bridgehead atoms. The number of non-ortho nitro benzene ring substituents is 1. The van der Waals surface area contributed by atoms with Crippen LogP contribution in [-0.4, -0.2) is 30.8 Å². The number of rotatable bonds is 8. The fourth-order valence-corrected chi connectivity index (χ4v) is 4.77. The minimum absolute atomic E-state index is 0.0154. The predicted molar refractivity (Wildman–Crippen MR) is 136 cm³/mol. The Morgan fingerprint density at radius 1 is 1.23 bits per heavy atom. The molecule has 0 radical (unpaired) electrons. The maximum absolute atomic E-state index is 12.0. The molecule has 12 heteroatoms. The molecule has 2 heterocycles. The second kappa shape index (κ2) is 10.5. The fourth-order valence-electron chi connectivity index (χ4n) is 3.22. The number of nitro groups is 1. The second-order valence-electron chi connectivity index (χ2n) is 7.10. The molecule has 1 N–H and O–H groups in total. The Hall–Kier alpha value is -3.41. The van der Waals surface area contributed by atoms with Gasteiger partial charge in [0.25, 0.3) is 5.69 Å². The largest absolute Gasteiger partial charge is 0.477 e. The van der Waals surface area contributed by atoms with Crippen LogP contribution in [0.4, 0.5) is 5.69 Å². The van der Waals surface area contributed by atoms with E-state index < -0.39 is 10.9 Å². The molecule has 35 heavy (non-hydrogen) atoms. The van der Waals surface area contributed by atoms with Gasteiger partial charge in [-0.2, -0.15) is 0 Å². The highest BCUT2D eigenvalue weighted by molar-refractivity contribution is 9.10. The summed E-state index contributed by atoms with van der Waals surface area (Å²) in [6.45, 7) is 2.44. The van der Waals surface area contributed by atoms with Gasteiger partial charge in [-0.05, 0) is 77.1 Å². The van der Waals surface area contributed by atoms with Gasteiger partial charge in [-0.3, -0.25) is 10.1 Å². The number of hydrogen-bond acceptors (Lipinski definition) is 7. The van der Waals surface area contributed by atoms with Crippen LogP contribution in [0.15, 0.2) is 73.5 Å². The SMILES string of the molecule is CCn1c(S/C(=C\c2ccc(-c3ccc([N+](=O)[O-])cc3Br)o2)C(=O)O)nnc1-c1ccc(Cl)cc1. The van der Waals surface area contributed by atoms with E-state index in [1.807, 2.05) is 23.6 Å². The van der Waals surface area contributed by atoms with Crippen molar-refractivity contribution in [2.45, 2.75) is 18.6 Å². The Morgan fingerprint density at radius 2 is 1.97 bits per heavy atom. The molecule has 0 atom stereocenters. The lowest BCUT2D eigenvalue weighted by molar-refractivity contribution is -0.384. The summed E-state index contributed by atoms with van der Waals surface area (Å²) in [4.78, 5) is 22.4. The van der Waals surface area contributed by atoms with Gasteiger partial charge in [-0.1, -0.05) is 11.6 Å². The third-order valence-electron chi connectivity index (χ3n) is 4.88. The number of benzene rings is 2. The van der Waals surface area contributed by atoms with E-state index in [2.05, 4.69) is 26.1 Å². The van der Waals surface area contributed by atoms with Gasteiger partial charge < -0.3 is 14.1 Å². The minimum Gasteiger partial charge on any atom is -0.477 e. The Kier molecular flexibility index (Phi) is 7.39. The van der Waals surface area contributed by atoms with Crippen molar-refractivity contribution in [2.75, 3.05) is 0 Å². The number of carboxylic acids is 1. The van der Waals surface area contributed by atoms with E-state index in [1.165, 1.54) is 18.2 Å². The zero-order valence-corrected chi connectivity index (χ0v) is 21.2. The van der Waals surface area contributed by atoms with Crippen LogP contribution >= 0.6 is 39.3 Å². The molecule has 0 saturated heterocycles.